The number of furan rings is 1. The molecule has 1 aliphatic carbocycles. The molecule has 0 bridgehead atoms. The summed E-state index contributed by atoms with van der Waals surface area (Å²) in [6, 6.07) is 2.88. The molecule has 1 saturated carbocycles. The number of nitrogens with zero attached hydrogens (tertiary/aromatic N) is 3. The van der Waals surface area contributed by atoms with Crippen LogP contribution < -0.4 is 16.4 Å². The van der Waals surface area contributed by atoms with Gasteiger partial charge in [-0.3, -0.25) is 14.8 Å². The van der Waals surface area contributed by atoms with Crippen molar-refractivity contribution >= 4 is 28.5 Å². The zero-order valence-corrected chi connectivity index (χ0v) is 18.5. The summed E-state index contributed by atoms with van der Waals surface area (Å²) in [5, 5.41) is 0. The van der Waals surface area contributed by atoms with Crippen molar-refractivity contribution in [3.05, 3.63) is 47.4 Å². The second-order valence-corrected chi connectivity index (χ2v) is 9.33. The summed E-state index contributed by atoms with van der Waals surface area (Å²) in [6.45, 7) is 0.0464. The zero-order valence-electron chi connectivity index (χ0n) is 18.5. The van der Waals surface area contributed by atoms with Crippen LogP contribution >= 0.6 is 0 Å². The molecule has 0 unspecified atom stereocenters. The number of nitrogens with two attached hydrogens (primary N) is 2. The topological polar surface area (TPSA) is 111 Å². The van der Waals surface area contributed by atoms with Gasteiger partial charge < -0.3 is 20.8 Å². The lowest BCUT2D eigenvalue weighted by Crippen LogP contribution is -2.51. The van der Waals surface area contributed by atoms with E-state index in [1.54, 1.807) is 17.2 Å². The Balaban J connectivity index is 1.42. The van der Waals surface area contributed by atoms with Crippen LogP contribution in [-0.4, -0.2) is 41.1 Å². The van der Waals surface area contributed by atoms with Crippen molar-refractivity contribution in [2.24, 2.45) is 11.7 Å². The maximum Gasteiger partial charge on any atom is 0.393 e. The van der Waals surface area contributed by atoms with Gasteiger partial charge in [0, 0.05) is 55.4 Å². The van der Waals surface area contributed by atoms with E-state index in [2.05, 4.69) is 9.97 Å². The van der Waals surface area contributed by atoms with Gasteiger partial charge in [0.15, 0.2) is 11.4 Å². The maximum absolute atomic E-state index is 13.4. The van der Waals surface area contributed by atoms with Crippen molar-refractivity contribution < 1.29 is 22.4 Å². The molecule has 0 amide bonds. The van der Waals surface area contributed by atoms with Gasteiger partial charge in [-0.15, -0.1) is 0 Å². The molecule has 7 nitrogen and oxygen atoms in total. The summed E-state index contributed by atoms with van der Waals surface area (Å²) in [5.41, 5.74) is 15.1. The third-order valence-electron chi connectivity index (χ3n) is 6.95. The van der Waals surface area contributed by atoms with Gasteiger partial charge in [-0.1, -0.05) is 6.42 Å². The van der Waals surface area contributed by atoms with E-state index in [1.807, 2.05) is 6.07 Å². The lowest BCUT2D eigenvalue weighted by molar-refractivity contribution is -0.177. The number of carbonyl (C=O) groups is 1. The predicted octanol–water partition coefficient (Wildman–Crippen LogP) is 4.21. The predicted molar refractivity (Wildman–Crippen MR) is 122 cm³/mol. The van der Waals surface area contributed by atoms with Gasteiger partial charge in [-0.25, -0.2) is 0 Å². The molecule has 2 aliphatic rings. The van der Waals surface area contributed by atoms with Gasteiger partial charge in [0.05, 0.1) is 5.92 Å². The minimum absolute atomic E-state index is 0.0131. The average Bonchev–Trinajstić information content (AvgIpc) is 3.07. The molecule has 1 saturated heterocycles. The molecule has 2 fully saturated rings. The van der Waals surface area contributed by atoms with E-state index >= 15 is 0 Å². The Bertz CT molecular complexity index is 1220. The van der Waals surface area contributed by atoms with Gasteiger partial charge in [0.2, 0.25) is 5.88 Å². The minimum Gasteiger partial charge on any atom is -0.438 e. The van der Waals surface area contributed by atoms with E-state index in [0.717, 1.165) is 18.4 Å². The van der Waals surface area contributed by atoms with Crippen molar-refractivity contribution in [2.75, 3.05) is 23.7 Å². The number of hydrogen-bond acceptors (Lipinski definition) is 7. The second-order valence-electron chi connectivity index (χ2n) is 9.33. The lowest BCUT2D eigenvalue weighted by atomic mass is 9.81. The summed E-state index contributed by atoms with van der Waals surface area (Å²) < 4.78 is 45.9. The summed E-state index contributed by atoms with van der Waals surface area (Å²) in [5.74, 6) is -1.42. The molecule has 5 rings (SSSR count). The zero-order chi connectivity index (χ0) is 24.0. The van der Waals surface area contributed by atoms with Crippen LogP contribution in [0.4, 0.5) is 24.7 Å². The largest absolute Gasteiger partial charge is 0.438 e. The Hall–Kier alpha value is -3.14. The fourth-order valence-corrected chi connectivity index (χ4v) is 4.94. The SMILES string of the molecule is Nc1oc2cc(C3CCC3)cnc2c1C(=O)Cc1cnccc1N1C[C@@H](N)C[C@@H](C(F)(F)F)C1. The Labute approximate surface area is 194 Å². The van der Waals surface area contributed by atoms with Crippen molar-refractivity contribution in [3.63, 3.8) is 0 Å². The van der Waals surface area contributed by atoms with Gasteiger partial charge in [-0.05, 0) is 42.9 Å². The summed E-state index contributed by atoms with van der Waals surface area (Å²) in [4.78, 5) is 23.4. The van der Waals surface area contributed by atoms with Crippen molar-refractivity contribution in [2.45, 2.75) is 50.2 Å². The highest BCUT2D eigenvalue weighted by molar-refractivity contribution is 6.10. The molecule has 180 valence electrons. The molecular formula is C24H26F3N5O2. The number of piperidine rings is 1. The van der Waals surface area contributed by atoms with Crippen LogP contribution in [0.15, 0.2) is 35.1 Å². The number of Topliss-reactive ketones (excluding diaryl/α,β-unsaturated/α-hetero) is 1. The number of anilines is 2. The standard InChI is InChI=1S/C24H26F3N5O2/c25-24(26,27)16-8-17(28)12-32(11-16)18-4-5-30-9-15(18)6-19(33)21-22-20(34-23(21)29)7-14(10-31-22)13-2-1-3-13/h4-5,7,9-10,13,16-17H,1-3,6,8,11-12,28-29H2/t16-,17+/m1/s1. The van der Waals surface area contributed by atoms with Crippen LogP contribution in [0.5, 0.6) is 0 Å². The van der Waals surface area contributed by atoms with E-state index < -0.39 is 18.1 Å². The highest BCUT2D eigenvalue weighted by atomic mass is 19.4. The molecule has 3 aromatic heterocycles. The molecule has 3 aromatic rings. The second kappa shape index (κ2) is 8.57. The van der Waals surface area contributed by atoms with Gasteiger partial charge in [-0.2, -0.15) is 13.2 Å². The molecule has 4 N–H and O–H groups in total. The first-order chi connectivity index (χ1) is 16.2. The van der Waals surface area contributed by atoms with Gasteiger partial charge >= 0.3 is 6.18 Å². The number of ketones is 1. The lowest BCUT2D eigenvalue weighted by Gasteiger charge is -2.39. The van der Waals surface area contributed by atoms with Crippen LogP contribution in [0, 0.1) is 5.92 Å². The summed E-state index contributed by atoms with van der Waals surface area (Å²) in [6.07, 6.45) is 3.59. The maximum atomic E-state index is 13.4. The molecule has 34 heavy (non-hydrogen) atoms. The Morgan fingerprint density at radius 2 is 2.03 bits per heavy atom. The summed E-state index contributed by atoms with van der Waals surface area (Å²) >= 11 is 0. The first-order valence-corrected chi connectivity index (χ1v) is 11.4. The highest BCUT2D eigenvalue weighted by Crippen LogP contribution is 2.39. The van der Waals surface area contributed by atoms with E-state index in [9.17, 15) is 18.0 Å². The first-order valence-electron chi connectivity index (χ1n) is 11.4. The van der Waals surface area contributed by atoms with E-state index in [0.29, 0.717) is 28.3 Å². The Morgan fingerprint density at radius 1 is 1.24 bits per heavy atom. The normalized spacial score (nSPS) is 21.6. The van der Waals surface area contributed by atoms with Crippen LogP contribution in [0.1, 0.15) is 53.1 Å². The molecule has 1 aliphatic heterocycles. The van der Waals surface area contributed by atoms with Crippen LogP contribution in [0.25, 0.3) is 11.1 Å². The first kappa shape index (κ1) is 22.6. The van der Waals surface area contributed by atoms with E-state index in [1.165, 1.54) is 18.8 Å². The van der Waals surface area contributed by atoms with E-state index in [4.69, 9.17) is 15.9 Å². The van der Waals surface area contributed by atoms with Gasteiger partial charge in [0.25, 0.3) is 0 Å². The van der Waals surface area contributed by atoms with Crippen molar-refractivity contribution in [3.8, 4) is 0 Å². The minimum atomic E-state index is -4.34. The molecule has 2 atom stereocenters. The monoisotopic (exact) mass is 473 g/mol. The van der Waals surface area contributed by atoms with Gasteiger partial charge in [0.1, 0.15) is 11.1 Å². The van der Waals surface area contributed by atoms with Crippen LogP contribution in [0.2, 0.25) is 0 Å². The summed E-state index contributed by atoms with van der Waals surface area (Å²) in [7, 11) is 0. The number of nitrogen functional groups attached to an aromatic ring is 1. The number of fused-ring (bicyclic) bond motifs is 1. The molecule has 4 heterocycles. The Kier molecular flexibility index (Phi) is 5.71. The molecule has 0 aromatic carbocycles. The quantitative estimate of drug-likeness (QED) is 0.534. The third-order valence-corrected chi connectivity index (χ3v) is 6.95. The fraction of sp³-hybridized carbons (Fsp3) is 0.458. The Morgan fingerprint density at radius 3 is 2.74 bits per heavy atom. The smallest absolute Gasteiger partial charge is 0.393 e. The average molecular weight is 473 g/mol. The number of carbonyl (C=O) groups excluding carboxylic acids is 1. The molecule has 10 heteroatoms. The van der Waals surface area contributed by atoms with Crippen LogP contribution in [-0.2, 0) is 6.42 Å². The highest BCUT2D eigenvalue weighted by Gasteiger charge is 2.44. The number of rotatable bonds is 5. The fourth-order valence-electron chi connectivity index (χ4n) is 4.94. The van der Waals surface area contributed by atoms with Crippen LogP contribution in [0.3, 0.4) is 0 Å². The van der Waals surface area contributed by atoms with E-state index in [-0.39, 0.29) is 43.2 Å². The molecular weight excluding hydrogens is 447 g/mol. The number of alkyl halides is 3. The number of aromatic nitrogens is 2. The third kappa shape index (κ3) is 4.22. The number of halogens is 3. The number of pyridine rings is 2. The number of hydrogen-bond donors (Lipinski definition) is 2. The molecule has 0 radical (unpaired) electrons. The van der Waals surface area contributed by atoms with Crippen molar-refractivity contribution in [1.29, 1.82) is 0 Å². The van der Waals surface area contributed by atoms with Crippen molar-refractivity contribution in [1.82, 2.24) is 9.97 Å². The molecule has 0 spiro atoms.